The number of hydrogen-bond acceptors (Lipinski definition) is 7. The normalized spacial score (nSPS) is 16.8. The van der Waals surface area contributed by atoms with Gasteiger partial charge in [0.2, 0.25) is 10.5 Å². The number of hydrogen-bond donors (Lipinski definition) is 0. The molecule has 2 aromatic heterocycles. The van der Waals surface area contributed by atoms with Gasteiger partial charge in [-0.05, 0) is 50.3 Å². The van der Waals surface area contributed by atoms with Crippen molar-refractivity contribution in [2.75, 3.05) is 24.7 Å². The smallest absolute Gasteiger partial charge is 0.324 e. The predicted octanol–water partition coefficient (Wildman–Crippen LogP) is 3.42. The van der Waals surface area contributed by atoms with Crippen LogP contribution in [0.2, 0.25) is 0 Å². The van der Waals surface area contributed by atoms with Gasteiger partial charge in [-0.3, -0.25) is 18.9 Å². The van der Waals surface area contributed by atoms with Gasteiger partial charge in [0, 0.05) is 18.1 Å². The van der Waals surface area contributed by atoms with E-state index in [4.69, 9.17) is 22.1 Å². The number of nitrogens with zero attached hydrogens (tertiary/aromatic N) is 5. The van der Waals surface area contributed by atoms with Gasteiger partial charge in [-0.1, -0.05) is 29.8 Å². The topological polar surface area (TPSA) is 73.8 Å². The molecule has 5 rings (SSSR count). The zero-order chi connectivity index (χ0) is 23.8. The van der Waals surface area contributed by atoms with Gasteiger partial charge in [-0.15, -0.1) is 5.10 Å². The highest BCUT2D eigenvalue weighted by Crippen LogP contribution is 2.21. The van der Waals surface area contributed by atoms with E-state index in [1.54, 1.807) is 27.1 Å². The van der Waals surface area contributed by atoms with Crippen LogP contribution in [0.4, 0.5) is 0 Å². The molecule has 0 radical (unpaired) electrons. The Balaban J connectivity index is 1.69. The number of thioether (sulfide) groups is 1. The minimum atomic E-state index is -0.360. The number of ether oxygens (including phenoxy) is 1. The summed E-state index contributed by atoms with van der Waals surface area (Å²) >= 11 is 7.59. The summed E-state index contributed by atoms with van der Waals surface area (Å²) in [5.74, 6) is 1.79. The van der Waals surface area contributed by atoms with Crippen molar-refractivity contribution in [1.82, 2.24) is 23.6 Å². The van der Waals surface area contributed by atoms with E-state index >= 15 is 0 Å². The molecular weight excluding hydrogens is 470 g/mol. The maximum absolute atomic E-state index is 13.5. The number of carbonyl (C=O) groups excluding carboxylic acids is 1. The molecule has 8 nitrogen and oxygen atoms in total. The molecule has 1 aliphatic heterocycles. The van der Waals surface area contributed by atoms with Gasteiger partial charge in [0.25, 0.3) is 5.56 Å². The molecule has 1 saturated heterocycles. The van der Waals surface area contributed by atoms with E-state index in [0.717, 1.165) is 23.5 Å². The lowest BCUT2D eigenvalue weighted by atomic mass is 10.2. The summed E-state index contributed by atoms with van der Waals surface area (Å²) in [6.07, 6.45) is 0. The first-order valence-corrected chi connectivity index (χ1v) is 12.7. The lowest BCUT2D eigenvalue weighted by Gasteiger charge is -2.33. The zero-order valence-electron chi connectivity index (χ0n) is 19.0. The highest BCUT2D eigenvalue weighted by molar-refractivity contribution is 7.99. The first-order chi connectivity index (χ1) is 16.5. The Labute approximate surface area is 205 Å². The molecule has 34 heavy (non-hydrogen) atoms. The van der Waals surface area contributed by atoms with Crippen molar-refractivity contribution >= 4 is 46.6 Å². The molecule has 0 bridgehead atoms. The summed E-state index contributed by atoms with van der Waals surface area (Å²) in [4.78, 5) is 28.2. The Morgan fingerprint density at radius 2 is 1.97 bits per heavy atom. The fraction of sp³-hybridized carbons (Fsp3) is 0.333. The number of aromatic nitrogens is 4. The van der Waals surface area contributed by atoms with Crippen LogP contribution in [-0.4, -0.2) is 60.3 Å². The summed E-state index contributed by atoms with van der Waals surface area (Å²) in [7, 11) is 0. The first kappa shape index (κ1) is 22.8. The third kappa shape index (κ3) is 3.95. The molecular formula is C24H25N5O3S2. The second-order valence-corrected chi connectivity index (χ2v) is 9.72. The second kappa shape index (κ2) is 9.36. The van der Waals surface area contributed by atoms with Crippen molar-refractivity contribution in [2.45, 2.75) is 26.6 Å². The summed E-state index contributed by atoms with van der Waals surface area (Å²) in [5.41, 5.74) is 2.37. The monoisotopic (exact) mass is 495 g/mol. The SMILES string of the molecule is CCOC(=O)C1CSCCN1Cn1nc2n(-c3ccc(C)cc3)c(=O)c3ccccc3n2c1=S. The van der Waals surface area contributed by atoms with Crippen molar-refractivity contribution in [3.63, 3.8) is 0 Å². The standard InChI is InChI=1S/C24H25N5O3S2/c1-3-32-22(31)20-14-34-13-12-26(20)15-27-24(33)29-19-7-5-4-6-18(19)21(30)28(23(29)25-27)17-10-8-16(2)9-11-17/h4-11,20H,3,12-15H2,1-2H3. The van der Waals surface area contributed by atoms with Gasteiger partial charge >= 0.3 is 5.97 Å². The van der Waals surface area contributed by atoms with Crippen LogP contribution in [0, 0.1) is 11.7 Å². The van der Waals surface area contributed by atoms with E-state index in [1.165, 1.54) is 0 Å². The highest BCUT2D eigenvalue weighted by Gasteiger charge is 2.31. The van der Waals surface area contributed by atoms with E-state index in [2.05, 4.69) is 0 Å². The third-order valence-corrected chi connectivity index (χ3v) is 7.42. The maximum Gasteiger partial charge on any atom is 0.324 e. The lowest BCUT2D eigenvalue weighted by molar-refractivity contribution is -0.149. The van der Waals surface area contributed by atoms with E-state index in [-0.39, 0.29) is 17.6 Å². The quantitative estimate of drug-likeness (QED) is 0.310. The third-order valence-electron chi connectivity index (χ3n) is 6.01. The molecule has 1 unspecified atom stereocenters. The number of esters is 1. The molecule has 0 N–H and O–H groups in total. The van der Waals surface area contributed by atoms with Crippen LogP contribution in [0.15, 0.2) is 53.3 Å². The average molecular weight is 496 g/mol. The summed E-state index contributed by atoms with van der Waals surface area (Å²) in [6.45, 7) is 5.21. The molecule has 0 saturated carbocycles. The molecule has 1 fully saturated rings. The highest BCUT2D eigenvalue weighted by atomic mass is 32.2. The Morgan fingerprint density at radius 1 is 1.21 bits per heavy atom. The van der Waals surface area contributed by atoms with Crippen LogP contribution >= 0.6 is 24.0 Å². The van der Waals surface area contributed by atoms with Crippen LogP contribution in [0.1, 0.15) is 12.5 Å². The van der Waals surface area contributed by atoms with Crippen LogP contribution in [0.3, 0.4) is 0 Å². The van der Waals surface area contributed by atoms with Crippen molar-refractivity contribution in [1.29, 1.82) is 0 Å². The van der Waals surface area contributed by atoms with E-state index in [1.807, 2.05) is 65.6 Å². The second-order valence-electron chi connectivity index (χ2n) is 8.21. The predicted molar refractivity (Wildman–Crippen MR) is 136 cm³/mol. The fourth-order valence-electron chi connectivity index (χ4n) is 4.27. The van der Waals surface area contributed by atoms with E-state index in [9.17, 15) is 9.59 Å². The Hall–Kier alpha value is -2.95. The first-order valence-electron chi connectivity index (χ1n) is 11.2. The molecule has 0 spiro atoms. The molecule has 0 aliphatic carbocycles. The molecule has 2 aromatic carbocycles. The van der Waals surface area contributed by atoms with Crippen LogP contribution in [0.25, 0.3) is 22.4 Å². The number of benzene rings is 2. The molecule has 3 heterocycles. The largest absolute Gasteiger partial charge is 0.465 e. The number of fused-ring (bicyclic) bond motifs is 3. The number of aryl methyl sites for hydroxylation is 1. The van der Waals surface area contributed by atoms with Gasteiger partial charge in [-0.25, -0.2) is 9.25 Å². The minimum Gasteiger partial charge on any atom is -0.465 e. The summed E-state index contributed by atoms with van der Waals surface area (Å²) < 4.78 is 10.9. The number of carbonyl (C=O) groups is 1. The Kier molecular flexibility index (Phi) is 6.28. The molecule has 0 amide bonds. The van der Waals surface area contributed by atoms with Gasteiger partial charge in [-0.2, -0.15) is 11.8 Å². The molecule has 4 aromatic rings. The Morgan fingerprint density at radius 3 is 2.74 bits per heavy atom. The van der Waals surface area contributed by atoms with Crippen LogP contribution < -0.4 is 5.56 Å². The molecule has 10 heteroatoms. The van der Waals surface area contributed by atoms with Crippen molar-refractivity contribution < 1.29 is 9.53 Å². The van der Waals surface area contributed by atoms with Gasteiger partial charge in [0.05, 0.1) is 29.9 Å². The minimum absolute atomic E-state index is 0.155. The van der Waals surface area contributed by atoms with Gasteiger partial charge < -0.3 is 4.74 Å². The van der Waals surface area contributed by atoms with Crippen LogP contribution in [0.5, 0.6) is 0 Å². The zero-order valence-corrected chi connectivity index (χ0v) is 20.6. The summed E-state index contributed by atoms with van der Waals surface area (Å²) in [6, 6.07) is 14.8. The van der Waals surface area contributed by atoms with Crippen molar-refractivity contribution in [3.05, 3.63) is 69.2 Å². The Bertz CT molecular complexity index is 1490. The molecule has 176 valence electrons. The summed E-state index contributed by atoms with van der Waals surface area (Å²) in [5, 5.41) is 5.35. The molecule has 1 aliphatic rings. The number of para-hydroxylation sites is 1. The van der Waals surface area contributed by atoms with Gasteiger partial charge in [0.15, 0.2) is 0 Å². The molecule has 1 atom stereocenters. The van der Waals surface area contributed by atoms with Crippen LogP contribution in [-0.2, 0) is 16.2 Å². The van der Waals surface area contributed by atoms with Crippen molar-refractivity contribution in [2.24, 2.45) is 0 Å². The lowest BCUT2D eigenvalue weighted by Crippen LogP contribution is -2.48. The van der Waals surface area contributed by atoms with E-state index in [0.29, 0.717) is 40.5 Å². The van der Waals surface area contributed by atoms with Crippen molar-refractivity contribution in [3.8, 4) is 5.69 Å². The van der Waals surface area contributed by atoms with E-state index < -0.39 is 0 Å². The average Bonchev–Trinajstić information content (AvgIpc) is 3.16. The number of rotatable bonds is 5. The maximum atomic E-state index is 13.5. The van der Waals surface area contributed by atoms with Gasteiger partial charge in [0.1, 0.15) is 6.04 Å². The fourth-order valence-corrected chi connectivity index (χ4v) is 5.65.